The Morgan fingerprint density at radius 3 is 2.17 bits per heavy atom. The van der Waals surface area contributed by atoms with Gasteiger partial charge in [-0.05, 0) is 53.1 Å². The topological polar surface area (TPSA) is 139 Å². The first-order valence-electron chi connectivity index (χ1n) is 11.1. The second-order valence-corrected chi connectivity index (χ2v) is 12.4. The number of hydrogen-bond acceptors (Lipinski definition) is 8. The van der Waals surface area contributed by atoms with Gasteiger partial charge in [-0.1, -0.05) is 6.07 Å². The molecular weight excluding hydrogens is 500 g/mol. The van der Waals surface area contributed by atoms with Crippen LogP contribution >= 0.6 is 0 Å². The van der Waals surface area contributed by atoms with Gasteiger partial charge in [0.2, 0.25) is 20.0 Å². The van der Waals surface area contributed by atoms with E-state index in [1.54, 1.807) is 24.8 Å². The van der Waals surface area contributed by atoms with Crippen LogP contribution in [-0.2, 0) is 20.0 Å². The third kappa shape index (κ3) is 4.55. The zero-order valence-electron chi connectivity index (χ0n) is 19.4. The Morgan fingerprint density at radius 2 is 1.47 bits per heavy atom. The number of aromatic nitrogens is 3. The van der Waals surface area contributed by atoms with Crippen LogP contribution in [0.3, 0.4) is 0 Å². The quantitative estimate of drug-likeness (QED) is 0.419. The highest BCUT2D eigenvalue weighted by Gasteiger charge is 2.33. The summed E-state index contributed by atoms with van der Waals surface area (Å²) in [6.45, 7) is 0.243. The van der Waals surface area contributed by atoms with Crippen LogP contribution in [0.15, 0.2) is 72.1 Å². The Morgan fingerprint density at radius 1 is 0.778 bits per heavy atom. The molecule has 0 atom stereocenters. The molecule has 1 fully saturated rings. The molecule has 36 heavy (non-hydrogen) atoms. The SMILES string of the molecule is CS(=O)(=O)N1CCN(S(=O)(=O)c2cc(-c3ccc4nccc(-c5ccncc5)c4c3)cnc2N)CC1. The molecule has 12 heteroatoms. The molecule has 4 aromatic rings. The molecule has 0 spiro atoms. The molecule has 0 amide bonds. The summed E-state index contributed by atoms with van der Waals surface area (Å²) in [6.07, 6.45) is 7.85. The highest BCUT2D eigenvalue weighted by Crippen LogP contribution is 2.33. The van der Waals surface area contributed by atoms with Gasteiger partial charge in [0.05, 0.1) is 11.8 Å². The molecule has 1 aromatic carbocycles. The predicted molar refractivity (Wildman–Crippen MR) is 138 cm³/mol. The lowest BCUT2D eigenvalue weighted by Crippen LogP contribution is -2.50. The lowest BCUT2D eigenvalue weighted by Gasteiger charge is -2.32. The van der Waals surface area contributed by atoms with Gasteiger partial charge < -0.3 is 5.73 Å². The van der Waals surface area contributed by atoms with Crippen molar-refractivity contribution in [2.45, 2.75) is 4.90 Å². The van der Waals surface area contributed by atoms with E-state index in [-0.39, 0.29) is 36.9 Å². The van der Waals surface area contributed by atoms with Crippen molar-refractivity contribution < 1.29 is 16.8 Å². The number of hydrogen-bond donors (Lipinski definition) is 1. The second kappa shape index (κ2) is 9.21. The summed E-state index contributed by atoms with van der Waals surface area (Å²) in [5.74, 6) is -0.107. The van der Waals surface area contributed by atoms with Crippen molar-refractivity contribution in [1.82, 2.24) is 23.6 Å². The standard InChI is InChI=1S/C24H24N6O4S2/c1-35(31,32)29-10-12-30(13-11-29)36(33,34)23-15-19(16-28-24(23)25)18-2-3-22-21(14-18)20(6-9-27-22)17-4-7-26-8-5-17/h2-9,14-16H,10-13H2,1H3,(H2,25,28). The van der Waals surface area contributed by atoms with Crippen molar-refractivity contribution in [2.75, 3.05) is 38.2 Å². The average Bonchev–Trinajstić information content (AvgIpc) is 2.88. The Kier molecular flexibility index (Phi) is 6.20. The first-order valence-corrected chi connectivity index (χ1v) is 14.4. The molecule has 0 aliphatic carbocycles. The number of nitrogens with zero attached hydrogens (tertiary/aromatic N) is 5. The third-order valence-corrected chi connectivity index (χ3v) is 9.46. The van der Waals surface area contributed by atoms with Crippen LogP contribution in [0.2, 0.25) is 0 Å². The van der Waals surface area contributed by atoms with E-state index >= 15 is 0 Å². The number of pyridine rings is 3. The number of nitrogens with two attached hydrogens (primary N) is 1. The maximum absolute atomic E-state index is 13.4. The van der Waals surface area contributed by atoms with Crippen molar-refractivity contribution in [3.05, 3.63) is 67.3 Å². The summed E-state index contributed by atoms with van der Waals surface area (Å²) in [5, 5.41) is 0.902. The first kappa shape index (κ1) is 24.3. The highest BCUT2D eigenvalue weighted by molar-refractivity contribution is 7.89. The maximum Gasteiger partial charge on any atom is 0.246 e. The Balaban J connectivity index is 1.52. The zero-order valence-corrected chi connectivity index (χ0v) is 21.1. The van der Waals surface area contributed by atoms with Crippen molar-refractivity contribution in [3.8, 4) is 22.3 Å². The zero-order chi connectivity index (χ0) is 25.5. The molecule has 3 aromatic heterocycles. The predicted octanol–water partition coefficient (Wildman–Crippen LogP) is 2.21. The van der Waals surface area contributed by atoms with Crippen LogP contribution in [0, 0.1) is 0 Å². The van der Waals surface area contributed by atoms with Crippen molar-refractivity contribution in [1.29, 1.82) is 0 Å². The first-order chi connectivity index (χ1) is 17.1. The van der Waals surface area contributed by atoms with E-state index in [2.05, 4.69) is 15.0 Å². The molecule has 1 aliphatic heterocycles. The third-order valence-electron chi connectivity index (χ3n) is 6.23. The monoisotopic (exact) mass is 524 g/mol. The average molecular weight is 525 g/mol. The van der Waals surface area contributed by atoms with E-state index < -0.39 is 20.0 Å². The van der Waals surface area contributed by atoms with Gasteiger partial charge in [-0.3, -0.25) is 9.97 Å². The molecular formula is C24H24N6O4S2. The molecule has 0 saturated carbocycles. The number of anilines is 1. The van der Waals surface area contributed by atoms with Crippen LogP contribution < -0.4 is 5.73 Å². The van der Waals surface area contributed by atoms with Crippen LogP contribution in [0.1, 0.15) is 0 Å². The van der Waals surface area contributed by atoms with Gasteiger partial charge in [0.1, 0.15) is 10.7 Å². The molecule has 0 bridgehead atoms. The molecule has 186 valence electrons. The van der Waals surface area contributed by atoms with Gasteiger partial charge in [-0.25, -0.2) is 21.8 Å². The fourth-order valence-corrected chi connectivity index (χ4v) is 6.65. The molecule has 4 heterocycles. The van der Waals surface area contributed by atoms with Crippen LogP contribution in [0.5, 0.6) is 0 Å². The van der Waals surface area contributed by atoms with Crippen molar-refractivity contribution >= 4 is 36.8 Å². The lowest BCUT2D eigenvalue weighted by atomic mass is 9.98. The van der Waals surface area contributed by atoms with Gasteiger partial charge in [0.25, 0.3) is 0 Å². The normalized spacial score (nSPS) is 15.8. The minimum Gasteiger partial charge on any atom is -0.383 e. The summed E-state index contributed by atoms with van der Waals surface area (Å²) in [6, 6.07) is 13.0. The minimum absolute atomic E-state index is 0.0377. The molecule has 10 nitrogen and oxygen atoms in total. The second-order valence-electron chi connectivity index (χ2n) is 8.50. The number of rotatable bonds is 5. The van der Waals surface area contributed by atoms with Crippen molar-refractivity contribution in [2.24, 2.45) is 0 Å². The molecule has 2 N–H and O–H groups in total. The number of fused-ring (bicyclic) bond motifs is 1. The summed E-state index contributed by atoms with van der Waals surface area (Å²) >= 11 is 0. The number of nitrogen functional groups attached to an aromatic ring is 1. The van der Waals surface area contributed by atoms with Crippen LogP contribution in [0.4, 0.5) is 5.82 Å². The lowest BCUT2D eigenvalue weighted by molar-refractivity contribution is 0.274. The molecule has 1 saturated heterocycles. The van der Waals surface area contributed by atoms with Crippen LogP contribution in [-0.4, -0.2) is 72.8 Å². The summed E-state index contributed by atoms with van der Waals surface area (Å²) < 4.78 is 52.9. The Bertz CT molecular complexity index is 1650. The van der Waals surface area contributed by atoms with E-state index in [4.69, 9.17) is 5.73 Å². The van der Waals surface area contributed by atoms with Gasteiger partial charge in [-0.2, -0.15) is 8.61 Å². The Hall–Kier alpha value is -3.45. The largest absolute Gasteiger partial charge is 0.383 e. The maximum atomic E-state index is 13.4. The van der Waals surface area contributed by atoms with Gasteiger partial charge >= 0.3 is 0 Å². The molecule has 5 rings (SSSR count). The van der Waals surface area contributed by atoms with Gasteiger partial charge in [-0.15, -0.1) is 0 Å². The minimum atomic E-state index is -3.98. The summed E-state index contributed by atoms with van der Waals surface area (Å²) in [4.78, 5) is 12.6. The van der Waals surface area contributed by atoms with Gasteiger partial charge in [0.15, 0.2) is 0 Å². The number of benzene rings is 1. The van der Waals surface area contributed by atoms with Crippen molar-refractivity contribution in [3.63, 3.8) is 0 Å². The van der Waals surface area contributed by atoms with E-state index in [0.717, 1.165) is 33.8 Å². The highest BCUT2D eigenvalue weighted by atomic mass is 32.2. The fraction of sp³-hybridized carbons (Fsp3) is 0.208. The summed E-state index contributed by atoms with van der Waals surface area (Å²) in [7, 11) is -7.37. The van der Waals surface area contributed by atoms with Crippen LogP contribution in [0.25, 0.3) is 33.2 Å². The molecule has 1 aliphatic rings. The van der Waals surface area contributed by atoms with E-state index in [0.29, 0.717) is 5.56 Å². The van der Waals surface area contributed by atoms with Gasteiger partial charge in [0, 0.05) is 61.9 Å². The summed E-state index contributed by atoms with van der Waals surface area (Å²) in [5.41, 5.74) is 10.1. The smallest absolute Gasteiger partial charge is 0.246 e. The molecule has 0 radical (unpaired) electrons. The van der Waals surface area contributed by atoms with E-state index in [1.165, 1.54) is 14.7 Å². The molecule has 0 unspecified atom stereocenters. The number of sulfonamides is 2. The van der Waals surface area contributed by atoms with E-state index in [1.807, 2.05) is 36.4 Å². The fourth-order valence-electron chi connectivity index (χ4n) is 4.31. The number of piperazine rings is 1. The Labute approximate surface area is 209 Å². The van der Waals surface area contributed by atoms with E-state index in [9.17, 15) is 16.8 Å².